The molecule has 1 fully saturated rings. The maximum absolute atomic E-state index is 13.1. The highest BCUT2D eigenvalue weighted by Crippen LogP contribution is 2.24. The summed E-state index contributed by atoms with van der Waals surface area (Å²) in [7, 11) is 0. The van der Waals surface area contributed by atoms with Crippen molar-refractivity contribution in [1.29, 1.82) is 0 Å². The van der Waals surface area contributed by atoms with Gasteiger partial charge >= 0.3 is 0 Å². The number of nitrogens with zero attached hydrogens (tertiary/aromatic N) is 2. The van der Waals surface area contributed by atoms with E-state index >= 15 is 0 Å². The number of aromatic nitrogens is 2. The molecule has 1 saturated carbocycles. The van der Waals surface area contributed by atoms with E-state index in [1.54, 1.807) is 12.1 Å². The number of nitrogens with one attached hydrogen (secondary N) is 1. The quantitative estimate of drug-likeness (QED) is 0.682. The minimum Gasteiger partial charge on any atom is -0.353 e. The molecule has 1 aromatic carbocycles. The first-order valence-electron chi connectivity index (χ1n) is 9.20. The molecule has 0 spiro atoms. The summed E-state index contributed by atoms with van der Waals surface area (Å²) in [5, 5.41) is 5.19. The number of benzene rings is 1. The van der Waals surface area contributed by atoms with Crippen molar-refractivity contribution < 1.29 is 9.18 Å². The zero-order chi connectivity index (χ0) is 17.9. The molecule has 4 rings (SSSR count). The summed E-state index contributed by atoms with van der Waals surface area (Å²) >= 11 is 1.52. The van der Waals surface area contributed by atoms with Crippen LogP contribution in [0.15, 0.2) is 35.8 Å². The van der Waals surface area contributed by atoms with Gasteiger partial charge in [-0.1, -0.05) is 25.7 Å². The van der Waals surface area contributed by atoms with Crippen molar-refractivity contribution in [3.8, 4) is 11.3 Å². The number of halogens is 1. The van der Waals surface area contributed by atoms with E-state index in [0.29, 0.717) is 12.5 Å². The number of imidazole rings is 1. The molecule has 3 aromatic rings. The number of carbonyl (C=O) groups excluding carboxylic acids is 1. The lowest BCUT2D eigenvalue weighted by Crippen LogP contribution is -2.35. The van der Waals surface area contributed by atoms with E-state index in [4.69, 9.17) is 0 Å². The summed E-state index contributed by atoms with van der Waals surface area (Å²) in [5.74, 6) is -0.181. The molecular weight excluding hydrogens is 349 g/mol. The Balaban J connectivity index is 1.48. The summed E-state index contributed by atoms with van der Waals surface area (Å²) < 4.78 is 15.1. The first kappa shape index (κ1) is 17.2. The van der Waals surface area contributed by atoms with E-state index in [1.165, 1.54) is 49.2 Å². The van der Waals surface area contributed by atoms with Gasteiger partial charge in [0.05, 0.1) is 12.1 Å². The fourth-order valence-corrected chi connectivity index (χ4v) is 4.46. The van der Waals surface area contributed by atoms with Gasteiger partial charge in [-0.25, -0.2) is 9.37 Å². The summed E-state index contributed by atoms with van der Waals surface area (Å²) in [6.07, 6.45) is 9.42. The van der Waals surface area contributed by atoms with Crippen LogP contribution in [-0.2, 0) is 11.2 Å². The fourth-order valence-electron chi connectivity index (χ4n) is 3.58. The van der Waals surface area contributed by atoms with E-state index in [9.17, 15) is 9.18 Å². The van der Waals surface area contributed by atoms with Crippen molar-refractivity contribution in [1.82, 2.24) is 14.7 Å². The molecular formula is C20H22FN3OS. The van der Waals surface area contributed by atoms with Crippen molar-refractivity contribution in [3.63, 3.8) is 0 Å². The van der Waals surface area contributed by atoms with Crippen molar-refractivity contribution in [2.24, 2.45) is 0 Å². The van der Waals surface area contributed by atoms with Gasteiger partial charge in [0.2, 0.25) is 5.91 Å². The highest BCUT2D eigenvalue weighted by atomic mass is 32.1. The maximum Gasteiger partial charge on any atom is 0.226 e. The maximum atomic E-state index is 13.1. The van der Waals surface area contributed by atoms with Gasteiger partial charge in [-0.3, -0.25) is 9.20 Å². The lowest BCUT2D eigenvalue weighted by atomic mass is 10.1. The molecule has 2 heterocycles. The van der Waals surface area contributed by atoms with E-state index in [1.807, 2.05) is 16.0 Å². The van der Waals surface area contributed by atoms with Gasteiger partial charge in [0.25, 0.3) is 0 Å². The molecule has 1 aliphatic rings. The minimum atomic E-state index is -0.259. The van der Waals surface area contributed by atoms with Crippen molar-refractivity contribution >= 4 is 22.2 Å². The van der Waals surface area contributed by atoms with Crippen LogP contribution in [0.2, 0.25) is 0 Å². The summed E-state index contributed by atoms with van der Waals surface area (Å²) in [5.41, 5.74) is 2.61. The third kappa shape index (κ3) is 3.80. The minimum absolute atomic E-state index is 0.0774. The Bertz CT molecular complexity index is 892. The fraction of sp³-hybridized carbons (Fsp3) is 0.400. The molecule has 2 aromatic heterocycles. The van der Waals surface area contributed by atoms with Crippen LogP contribution in [0.3, 0.4) is 0 Å². The first-order chi connectivity index (χ1) is 12.7. The average molecular weight is 371 g/mol. The van der Waals surface area contributed by atoms with Crippen LogP contribution in [-0.4, -0.2) is 21.3 Å². The number of amides is 1. The first-order valence-corrected chi connectivity index (χ1v) is 10.1. The molecule has 1 aliphatic carbocycles. The number of hydrogen-bond donors (Lipinski definition) is 1. The Morgan fingerprint density at radius 3 is 2.65 bits per heavy atom. The third-order valence-electron chi connectivity index (χ3n) is 4.99. The normalized spacial score (nSPS) is 15.9. The van der Waals surface area contributed by atoms with Crippen LogP contribution in [0.1, 0.15) is 44.2 Å². The number of carbonyl (C=O) groups is 1. The molecule has 0 atom stereocenters. The molecule has 6 heteroatoms. The van der Waals surface area contributed by atoms with Crippen molar-refractivity contribution in [2.75, 3.05) is 0 Å². The topological polar surface area (TPSA) is 46.4 Å². The number of rotatable bonds is 4. The highest BCUT2D eigenvalue weighted by Gasteiger charge is 2.17. The van der Waals surface area contributed by atoms with E-state index in [2.05, 4.69) is 10.3 Å². The van der Waals surface area contributed by atoms with Gasteiger partial charge in [0.1, 0.15) is 5.82 Å². The van der Waals surface area contributed by atoms with Gasteiger partial charge in [-0.15, -0.1) is 11.3 Å². The number of hydrogen-bond acceptors (Lipinski definition) is 3. The van der Waals surface area contributed by atoms with Crippen LogP contribution < -0.4 is 5.32 Å². The summed E-state index contributed by atoms with van der Waals surface area (Å²) in [6, 6.07) is 6.63. The summed E-state index contributed by atoms with van der Waals surface area (Å²) in [4.78, 5) is 17.9. The second-order valence-corrected chi connectivity index (χ2v) is 7.78. The number of fused-ring (bicyclic) bond motifs is 1. The van der Waals surface area contributed by atoms with Crippen LogP contribution in [0.25, 0.3) is 16.2 Å². The van der Waals surface area contributed by atoms with Crippen LogP contribution >= 0.6 is 11.3 Å². The molecule has 0 bridgehead atoms. The Morgan fingerprint density at radius 1 is 1.19 bits per heavy atom. The average Bonchev–Trinajstić information content (AvgIpc) is 3.10. The SMILES string of the molecule is O=C(Cc1csc2nc(-c3ccc(F)cc3)cn12)NC1CCCCCC1. The zero-order valence-corrected chi connectivity index (χ0v) is 15.4. The molecule has 136 valence electrons. The second-order valence-electron chi connectivity index (χ2n) is 6.95. The monoisotopic (exact) mass is 371 g/mol. The van der Waals surface area contributed by atoms with Crippen molar-refractivity contribution in [3.05, 3.63) is 47.4 Å². The van der Waals surface area contributed by atoms with Crippen LogP contribution in [0.5, 0.6) is 0 Å². The zero-order valence-electron chi connectivity index (χ0n) is 14.6. The predicted molar refractivity (Wildman–Crippen MR) is 102 cm³/mol. The lowest BCUT2D eigenvalue weighted by Gasteiger charge is -2.15. The van der Waals surface area contributed by atoms with E-state index < -0.39 is 0 Å². The third-order valence-corrected chi connectivity index (χ3v) is 5.87. The number of thiazole rings is 1. The summed E-state index contributed by atoms with van der Waals surface area (Å²) in [6.45, 7) is 0. The van der Waals surface area contributed by atoms with Crippen LogP contribution in [0.4, 0.5) is 4.39 Å². The van der Waals surface area contributed by atoms with Gasteiger partial charge in [-0.2, -0.15) is 0 Å². The van der Waals surface area contributed by atoms with Gasteiger partial charge in [-0.05, 0) is 37.1 Å². The smallest absolute Gasteiger partial charge is 0.226 e. The second kappa shape index (κ2) is 7.58. The molecule has 26 heavy (non-hydrogen) atoms. The largest absolute Gasteiger partial charge is 0.353 e. The molecule has 4 nitrogen and oxygen atoms in total. The molecule has 0 radical (unpaired) electrons. The standard InChI is InChI=1S/C20H22FN3OS/c21-15-9-7-14(8-10-15)18-12-24-17(13-26-20(24)23-18)11-19(25)22-16-5-3-1-2-4-6-16/h7-10,12-13,16H,1-6,11H2,(H,22,25). The van der Waals surface area contributed by atoms with Gasteiger partial charge < -0.3 is 5.32 Å². The Kier molecular flexibility index (Phi) is 5.02. The lowest BCUT2D eigenvalue weighted by molar-refractivity contribution is -0.121. The Morgan fingerprint density at radius 2 is 1.92 bits per heavy atom. The Labute approximate surface area is 156 Å². The van der Waals surface area contributed by atoms with E-state index in [-0.39, 0.29) is 11.7 Å². The van der Waals surface area contributed by atoms with E-state index in [0.717, 1.165) is 34.8 Å². The molecule has 0 saturated heterocycles. The molecule has 1 N–H and O–H groups in total. The molecule has 1 amide bonds. The van der Waals surface area contributed by atoms with Gasteiger partial charge in [0, 0.05) is 28.9 Å². The van der Waals surface area contributed by atoms with Crippen molar-refractivity contribution in [2.45, 2.75) is 51.0 Å². The highest BCUT2D eigenvalue weighted by molar-refractivity contribution is 7.15. The molecule has 0 unspecified atom stereocenters. The molecule has 0 aliphatic heterocycles. The predicted octanol–water partition coefficient (Wildman–Crippen LogP) is 4.58. The van der Waals surface area contributed by atoms with Crippen LogP contribution in [0, 0.1) is 5.82 Å². The Hall–Kier alpha value is -2.21. The van der Waals surface area contributed by atoms with Gasteiger partial charge in [0.15, 0.2) is 4.96 Å².